The molecule has 1 saturated heterocycles. The molecule has 2 N–H and O–H groups in total. The van der Waals surface area contributed by atoms with Gasteiger partial charge in [-0.15, -0.1) is 0 Å². The highest BCUT2D eigenvalue weighted by Gasteiger charge is 2.44. The molecule has 0 bridgehead atoms. The molecule has 0 radical (unpaired) electrons. The minimum absolute atomic E-state index is 0.326. The monoisotopic (exact) mass is 270 g/mol. The maximum absolute atomic E-state index is 12.1. The Bertz CT molecular complexity index is 472. The van der Waals surface area contributed by atoms with Gasteiger partial charge in [0.25, 0.3) is 5.91 Å². The van der Waals surface area contributed by atoms with Crippen LogP contribution in [-0.4, -0.2) is 39.2 Å². The van der Waals surface area contributed by atoms with Crippen molar-refractivity contribution in [2.24, 2.45) is 0 Å². The Morgan fingerprint density at radius 3 is 2.67 bits per heavy atom. The van der Waals surface area contributed by atoms with Crippen LogP contribution in [0.3, 0.4) is 0 Å². The average molecular weight is 270 g/mol. The van der Waals surface area contributed by atoms with Crippen LogP contribution < -0.4 is 5.32 Å². The number of aliphatic carboxylic acids is 1. The van der Waals surface area contributed by atoms with Crippen molar-refractivity contribution in [1.82, 2.24) is 10.5 Å². The Morgan fingerprint density at radius 1 is 1.50 bits per heavy atom. The molecular formula is C11H14N2O4S. The minimum atomic E-state index is -1.17. The first-order chi connectivity index (χ1) is 8.46. The number of nitrogens with zero attached hydrogens (tertiary/aromatic N) is 1. The fourth-order valence-electron chi connectivity index (χ4n) is 1.97. The number of hydrogen-bond donors (Lipinski definition) is 2. The highest BCUT2D eigenvalue weighted by Crippen LogP contribution is 2.29. The molecule has 1 atom stereocenters. The molecule has 6 nitrogen and oxygen atoms in total. The van der Waals surface area contributed by atoms with Gasteiger partial charge in [-0.25, -0.2) is 4.79 Å². The van der Waals surface area contributed by atoms with Gasteiger partial charge in [-0.05, 0) is 26.0 Å². The van der Waals surface area contributed by atoms with Crippen molar-refractivity contribution in [2.75, 3.05) is 11.5 Å². The minimum Gasteiger partial charge on any atom is -0.479 e. The molecule has 1 aliphatic rings. The fourth-order valence-corrected chi connectivity index (χ4v) is 3.30. The van der Waals surface area contributed by atoms with Gasteiger partial charge in [0.05, 0.1) is 5.69 Å². The molecule has 0 saturated carbocycles. The molecular weight excluding hydrogens is 256 g/mol. The van der Waals surface area contributed by atoms with Crippen LogP contribution in [0.15, 0.2) is 4.52 Å². The summed E-state index contributed by atoms with van der Waals surface area (Å²) in [5.41, 5.74) is -0.374. The first-order valence-corrected chi connectivity index (χ1v) is 6.68. The van der Waals surface area contributed by atoms with Crippen molar-refractivity contribution in [3.63, 3.8) is 0 Å². The van der Waals surface area contributed by atoms with E-state index in [1.165, 1.54) is 11.8 Å². The van der Waals surface area contributed by atoms with Gasteiger partial charge in [-0.1, -0.05) is 5.16 Å². The zero-order valence-electron chi connectivity index (χ0n) is 10.1. The Balaban J connectivity index is 2.23. The SMILES string of the molecule is Cc1noc(C)c1C(=O)NC1(C(=O)O)CCSC1. The number of carbonyl (C=O) groups excluding carboxylic acids is 1. The maximum atomic E-state index is 12.1. The Hall–Kier alpha value is -1.50. The number of thioether (sulfide) groups is 1. The highest BCUT2D eigenvalue weighted by atomic mass is 32.2. The number of carboxylic acids is 1. The molecule has 1 unspecified atom stereocenters. The van der Waals surface area contributed by atoms with Crippen LogP contribution in [0.2, 0.25) is 0 Å². The summed E-state index contributed by atoms with van der Waals surface area (Å²) in [5, 5.41) is 15.6. The van der Waals surface area contributed by atoms with Crippen molar-refractivity contribution in [3.8, 4) is 0 Å². The van der Waals surface area contributed by atoms with E-state index in [0.29, 0.717) is 29.2 Å². The molecule has 0 spiro atoms. The summed E-state index contributed by atoms with van der Waals surface area (Å²) >= 11 is 1.52. The molecule has 2 rings (SSSR count). The van der Waals surface area contributed by atoms with E-state index in [4.69, 9.17) is 4.52 Å². The molecule has 1 amide bonds. The molecule has 1 aromatic rings. The molecule has 2 heterocycles. The van der Waals surface area contributed by atoms with E-state index in [1.807, 2.05) is 0 Å². The topological polar surface area (TPSA) is 92.4 Å². The number of amides is 1. The Morgan fingerprint density at radius 2 is 2.22 bits per heavy atom. The van der Waals surface area contributed by atoms with Crippen LogP contribution in [-0.2, 0) is 4.79 Å². The second-order valence-electron chi connectivity index (χ2n) is 4.34. The summed E-state index contributed by atoms with van der Waals surface area (Å²) < 4.78 is 4.91. The van der Waals surface area contributed by atoms with Crippen LogP contribution in [0.5, 0.6) is 0 Å². The summed E-state index contributed by atoms with van der Waals surface area (Å²) in [4.78, 5) is 23.5. The highest BCUT2D eigenvalue weighted by molar-refractivity contribution is 7.99. The lowest BCUT2D eigenvalue weighted by Gasteiger charge is -2.24. The molecule has 18 heavy (non-hydrogen) atoms. The zero-order valence-corrected chi connectivity index (χ0v) is 11.0. The maximum Gasteiger partial charge on any atom is 0.330 e. The summed E-state index contributed by atoms with van der Waals surface area (Å²) in [6.45, 7) is 3.29. The predicted molar refractivity (Wildman–Crippen MR) is 65.8 cm³/mol. The lowest BCUT2D eigenvalue weighted by atomic mass is 9.98. The van der Waals surface area contributed by atoms with E-state index in [1.54, 1.807) is 13.8 Å². The first-order valence-electron chi connectivity index (χ1n) is 5.53. The van der Waals surface area contributed by atoms with E-state index in [-0.39, 0.29) is 0 Å². The molecule has 7 heteroatoms. The van der Waals surface area contributed by atoms with Crippen LogP contribution in [0.4, 0.5) is 0 Å². The lowest BCUT2D eigenvalue weighted by Crippen LogP contribution is -2.54. The van der Waals surface area contributed by atoms with Gasteiger partial charge in [0, 0.05) is 5.75 Å². The second-order valence-corrected chi connectivity index (χ2v) is 5.45. The summed E-state index contributed by atoms with van der Waals surface area (Å²) in [7, 11) is 0. The van der Waals surface area contributed by atoms with E-state index < -0.39 is 17.4 Å². The Labute approximate surface area is 108 Å². The molecule has 1 aromatic heterocycles. The van der Waals surface area contributed by atoms with Crippen molar-refractivity contribution >= 4 is 23.6 Å². The van der Waals surface area contributed by atoms with E-state index in [2.05, 4.69) is 10.5 Å². The van der Waals surface area contributed by atoms with Crippen LogP contribution in [0.25, 0.3) is 0 Å². The van der Waals surface area contributed by atoms with E-state index in [9.17, 15) is 14.7 Å². The second kappa shape index (κ2) is 4.64. The van der Waals surface area contributed by atoms with Crippen LogP contribution in [0.1, 0.15) is 28.2 Å². The molecule has 0 aromatic carbocycles. The van der Waals surface area contributed by atoms with Crippen molar-refractivity contribution in [2.45, 2.75) is 25.8 Å². The number of carbonyl (C=O) groups is 2. The first kappa shape index (κ1) is 12.9. The molecule has 0 aliphatic carbocycles. The lowest BCUT2D eigenvalue weighted by molar-refractivity contribution is -0.143. The third-order valence-electron chi connectivity index (χ3n) is 3.04. The normalized spacial score (nSPS) is 23.0. The summed E-state index contributed by atoms with van der Waals surface area (Å²) in [6.07, 6.45) is 0.433. The van der Waals surface area contributed by atoms with Gasteiger partial charge in [0.15, 0.2) is 0 Å². The van der Waals surface area contributed by atoms with Gasteiger partial charge >= 0.3 is 5.97 Å². The van der Waals surface area contributed by atoms with E-state index in [0.717, 1.165) is 5.75 Å². The van der Waals surface area contributed by atoms with Crippen LogP contribution >= 0.6 is 11.8 Å². The van der Waals surface area contributed by atoms with Gasteiger partial charge < -0.3 is 14.9 Å². The largest absolute Gasteiger partial charge is 0.479 e. The quantitative estimate of drug-likeness (QED) is 0.850. The summed E-state index contributed by atoms with van der Waals surface area (Å²) in [6, 6.07) is 0. The third kappa shape index (κ3) is 2.10. The molecule has 1 aliphatic heterocycles. The number of carboxylic acid groups (broad SMARTS) is 1. The van der Waals surface area contributed by atoms with Gasteiger partial charge in [-0.2, -0.15) is 11.8 Å². The molecule has 1 fully saturated rings. The Kier molecular flexibility index (Phi) is 3.34. The average Bonchev–Trinajstić information content (AvgIpc) is 2.87. The molecule has 98 valence electrons. The van der Waals surface area contributed by atoms with Crippen molar-refractivity contribution in [3.05, 3.63) is 17.0 Å². The van der Waals surface area contributed by atoms with Gasteiger partial charge in [-0.3, -0.25) is 4.79 Å². The standard InChI is InChI=1S/C11H14N2O4S/c1-6-8(7(2)17-13-6)9(14)12-11(10(15)16)3-4-18-5-11/h3-5H2,1-2H3,(H,12,14)(H,15,16). The number of nitrogens with one attached hydrogen (secondary N) is 1. The predicted octanol–water partition coefficient (Wildman–Crippen LogP) is 0.982. The number of hydrogen-bond acceptors (Lipinski definition) is 5. The van der Waals surface area contributed by atoms with Gasteiger partial charge in [0.2, 0.25) is 0 Å². The van der Waals surface area contributed by atoms with E-state index >= 15 is 0 Å². The van der Waals surface area contributed by atoms with Crippen molar-refractivity contribution < 1.29 is 19.2 Å². The van der Waals surface area contributed by atoms with Crippen LogP contribution in [0, 0.1) is 13.8 Å². The fraction of sp³-hybridized carbons (Fsp3) is 0.545. The van der Waals surface area contributed by atoms with Crippen molar-refractivity contribution in [1.29, 1.82) is 0 Å². The number of aromatic nitrogens is 1. The zero-order chi connectivity index (χ0) is 13.3. The number of rotatable bonds is 3. The third-order valence-corrected chi connectivity index (χ3v) is 4.23. The smallest absolute Gasteiger partial charge is 0.330 e. The van der Waals surface area contributed by atoms with Gasteiger partial charge in [0.1, 0.15) is 16.9 Å². The number of aryl methyl sites for hydroxylation is 2. The summed E-state index contributed by atoms with van der Waals surface area (Å²) in [5.74, 6) is 0.0889.